The molecule has 1 aliphatic rings. The molecule has 0 amide bonds. The van der Waals surface area contributed by atoms with Gasteiger partial charge in [0.2, 0.25) is 0 Å². The van der Waals surface area contributed by atoms with Crippen molar-refractivity contribution in [2.75, 3.05) is 18.8 Å². The van der Waals surface area contributed by atoms with Gasteiger partial charge in [-0.2, -0.15) is 0 Å². The highest BCUT2D eigenvalue weighted by Gasteiger charge is 2.18. The minimum atomic E-state index is -1.18. The molecule has 0 bridgehead atoms. The minimum absolute atomic E-state index is 0.0740. The molecule has 1 aromatic rings. The normalized spacial score (nSPS) is 21.4. The van der Waals surface area contributed by atoms with Gasteiger partial charge in [0, 0.05) is 11.8 Å². The zero-order chi connectivity index (χ0) is 13.0. The highest BCUT2D eigenvalue weighted by atomic mass is 32.2. The van der Waals surface area contributed by atoms with Crippen molar-refractivity contribution >= 4 is 16.5 Å². The number of hydrogen-bond donors (Lipinski definition) is 1. The molecule has 1 fully saturated rings. The molecule has 0 unspecified atom stereocenters. The van der Waals surface area contributed by atoms with Gasteiger partial charge in [0.15, 0.2) is 0 Å². The molecule has 0 saturated carbocycles. The van der Waals surface area contributed by atoms with Crippen LogP contribution in [0, 0.1) is 16.0 Å². The molecular formula is C11H15N3O3S. The maximum absolute atomic E-state index is 12.0. The molecule has 2 atom stereocenters. The average Bonchev–Trinajstić information content (AvgIpc) is 2.40. The lowest BCUT2D eigenvalue weighted by atomic mass is 10.0. The Labute approximate surface area is 107 Å². The number of pyridine rings is 1. The first-order valence-corrected chi connectivity index (χ1v) is 7.18. The smallest absolute Gasteiger partial charge is 0.287 e. The minimum Gasteiger partial charge on any atom is -0.316 e. The maximum atomic E-state index is 12.0. The number of nitro groups is 1. The molecule has 2 heterocycles. The third kappa shape index (κ3) is 3.33. The molecule has 7 heteroatoms. The lowest BCUT2D eigenvalue weighted by molar-refractivity contribution is -0.385. The van der Waals surface area contributed by atoms with E-state index in [4.69, 9.17) is 0 Å². The molecule has 6 nitrogen and oxygen atoms in total. The van der Waals surface area contributed by atoms with Gasteiger partial charge >= 0.3 is 0 Å². The van der Waals surface area contributed by atoms with Crippen LogP contribution in [0.1, 0.15) is 12.8 Å². The van der Waals surface area contributed by atoms with Crippen molar-refractivity contribution in [3.63, 3.8) is 0 Å². The third-order valence-electron chi connectivity index (χ3n) is 2.95. The van der Waals surface area contributed by atoms with E-state index in [1.54, 1.807) is 0 Å². The summed E-state index contributed by atoms with van der Waals surface area (Å²) in [5.41, 5.74) is -0.0740. The van der Waals surface area contributed by atoms with E-state index in [-0.39, 0.29) is 5.69 Å². The number of nitrogens with zero attached hydrogens (tertiary/aromatic N) is 2. The van der Waals surface area contributed by atoms with E-state index in [9.17, 15) is 14.3 Å². The van der Waals surface area contributed by atoms with E-state index in [2.05, 4.69) is 10.3 Å². The number of piperidine rings is 1. The maximum Gasteiger partial charge on any atom is 0.287 e. The Morgan fingerprint density at radius 1 is 1.56 bits per heavy atom. The van der Waals surface area contributed by atoms with Gasteiger partial charge in [0.1, 0.15) is 11.2 Å². The third-order valence-corrected chi connectivity index (χ3v) is 4.43. The number of nitrogens with one attached hydrogen (secondary N) is 1. The summed E-state index contributed by atoms with van der Waals surface area (Å²) in [5, 5.41) is 14.2. The quantitative estimate of drug-likeness (QED) is 0.653. The Bertz CT molecular complexity index is 443. The predicted molar refractivity (Wildman–Crippen MR) is 67.8 cm³/mol. The lowest BCUT2D eigenvalue weighted by Gasteiger charge is -2.21. The van der Waals surface area contributed by atoms with E-state index < -0.39 is 15.7 Å². The second kappa shape index (κ2) is 6.01. The summed E-state index contributed by atoms with van der Waals surface area (Å²) in [6.07, 6.45) is 3.34. The summed E-state index contributed by atoms with van der Waals surface area (Å²) < 4.78 is 12.0. The summed E-state index contributed by atoms with van der Waals surface area (Å²) in [6.45, 7) is 1.91. The molecule has 1 aliphatic heterocycles. The van der Waals surface area contributed by atoms with E-state index in [1.807, 2.05) is 0 Å². The van der Waals surface area contributed by atoms with Crippen LogP contribution < -0.4 is 5.32 Å². The van der Waals surface area contributed by atoms with E-state index in [0.717, 1.165) is 32.1 Å². The van der Waals surface area contributed by atoms with Crippen molar-refractivity contribution in [1.82, 2.24) is 10.3 Å². The molecule has 18 heavy (non-hydrogen) atoms. The molecule has 1 aromatic heterocycles. The Kier molecular flexibility index (Phi) is 4.38. The first-order chi connectivity index (χ1) is 8.66. The van der Waals surface area contributed by atoms with Crippen LogP contribution in [0.3, 0.4) is 0 Å². The zero-order valence-electron chi connectivity index (χ0n) is 9.87. The fraction of sp³-hybridized carbons (Fsp3) is 0.545. The SMILES string of the molecule is O=[N+]([O-])c1ccc([S@](=O)C[C@H]2CCCNC2)nc1. The zero-order valence-corrected chi connectivity index (χ0v) is 10.7. The van der Waals surface area contributed by atoms with Crippen molar-refractivity contribution in [2.24, 2.45) is 5.92 Å². The van der Waals surface area contributed by atoms with Gasteiger partial charge in [0.05, 0.1) is 15.7 Å². The second-order valence-corrected chi connectivity index (χ2v) is 5.78. The Balaban J connectivity index is 1.97. The van der Waals surface area contributed by atoms with Crippen LogP contribution in [0.5, 0.6) is 0 Å². The molecule has 0 spiro atoms. The van der Waals surface area contributed by atoms with E-state index in [0.29, 0.717) is 16.7 Å². The Morgan fingerprint density at radius 3 is 2.94 bits per heavy atom. The van der Waals surface area contributed by atoms with Gasteiger partial charge in [-0.05, 0) is 37.9 Å². The van der Waals surface area contributed by atoms with Gasteiger partial charge in [-0.25, -0.2) is 4.98 Å². The van der Waals surface area contributed by atoms with E-state index >= 15 is 0 Å². The van der Waals surface area contributed by atoms with Crippen molar-refractivity contribution < 1.29 is 9.13 Å². The van der Waals surface area contributed by atoms with Gasteiger partial charge in [-0.1, -0.05) is 0 Å². The topological polar surface area (TPSA) is 85.1 Å². The summed E-state index contributed by atoms with van der Waals surface area (Å²) in [7, 11) is -1.18. The molecule has 98 valence electrons. The molecule has 1 saturated heterocycles. The van der Waals surface area contributed by atoms with Crippen LogP contribution in [0.15, 0.2) is 23.4 Å². The van der Waals surface area contributed by atoms with Crippen LogP contribution >= 0.6 is 0 Å². The first-order valence-electron chi connectivity index (χ1n) is 5.86. The standard InChI is InChI=1S/C11H15N3O3S/c15-14(16)10-3-4-11(13-7-10)18(17)8-9-2-1-5-12-6-9/h3-4,7,9,12H,1-2,5-6,8H2/t9-,18+/m0/s1. The first kappa shape index (κ1) is 13.1. The fourth-order valence-electron chi connectivity index (χ4n) is 1.98. The molecular weight excluding hydrogens is 254 g/mol. The molecule has 0 aliphatic carbocycles. The number of hydrogen-bond acceptors (Lipinski definition) is 5. The van der Waals surface area contributed by atoms with Gasteiger partial charge in [-0.15, -0.1) is 0 Å². The van der Waals surface area contributed by atoms with Crippen LogP contribution in [0.25, 0.3) is 0 Å². The van der Waals surface area contributed by atoms with Crippen molar-refractivity contribution in [3.8, 4) is 0 Å². The highest BCUT2D eigenvalue weighted by molar-refractivity contribution is 7.84. The predicted octanol–water partition coefficient (Wildman–Crippen LogP) is 1.10. The van der Waals surface area contributed by atoms with Crippen molar-refractivity contribution in [3.05, 3.63) is 28.4 Å². The average molecular weight is 269 g/mol. The van der Waals surface area contributed by atoms with Crippen LogP contribution in [-0.2, 0) is 10.8 Å². The van der Waals surface area contributed by atoms with Crippen molar-refractivity contribution in [1.29, 1.82) is 0 Å². The van der Waals surface area contributed by atoms with Gasteiger partial charge in [0.25, 0.3) is 5.69 Å². The highest BCUT2D eigenvalue weighted by Crippen LogP contribution is 2.16. The van der Waals surface area contributed by atoms with Crippen LogP contribution in [0.4, 0.5) is 5.69 Å². The number of aromatic nitrogens is 1. The fourth-order valence-corrected chi connectivity index (χ4v) is 3.25. The molecule has 0 radical (unpaired) electrons. The monoisotopic (exact) mass is 269 g/mol. The second-order valence-electron chi connectivity index (χ2n) is 4.34. The molecule has 0 aromatic carbocycles. The van der Waals surface area contributed by atoms with Gasteiger partial charge in [-0.3, -0.25) is 14.3 Å². The largest absolute Gasteiger partial charge is 0.316 e. The lowest BCUT2D eigenvalue weighted by Crippen LogP contribution is -2.32. The van der Waals surface area contributed by atoms with E-state index in [1.165, 1.54) is 12.1 Å². The summed E-state index contributed by atoms with van der Waals surface area (Å²) in [6, 6.07) is 2.82. The Morgan fingerprint density at radius 2 is 2.39 bits per heavy atom. The van der Waals surface area contributed by atoms with Crippen LogP contribution in [0.2, 0.25) is 0 Å². The summed E-state index contributed by atoms with van der Waals surface area (Å²) >= 11 is 0. The molecule has 2 rings (SSSR count). The van der Waals surface area contributed by atoms with Crippen molar-refractivity contribution in [2.45, 2.75) is 17.9 Å². The summed E-state index contributed by atoms with van der Waals surface area (Å²) in [4.78, 5) is 13.9. The van der Waals surface area contributed by atoms with Gasteiger partial charge < -0.3 is 5.32 Å². The molecule has 1 N–H and O–H groups in total. The van der Waals surface area contributed by atoms with Crippen LogP contribution in [-0.4, -0.2) is 33.0 Å². The Hall–Kier alpha value is -1.34. The number of rotatable bonds is 4. The summed E-state index contributed by atoms with van der Waals surface area (Å²) in [5.74, 6) is 0.967.